The fourth-order valence-electron chi connectivity index (χ4n) is 7.84. The van der Waals surface area contributed by atoms with E-state index in [0.29, 0.717) is 11.3 Å². The number of aromatic nitrogens is 2. The average molecular weight is 1100 g/mol. The van der Waals surface area contributed by atoms with Crippen LogP contribution in [-0.2, 0) is 60.7 Å². The SMILES string of the molecule is CC(=O)NCSC[C@H](NC(=O)[C@H](CO)NC(=O)[C@@H](NC(=O)[C@H](Cc1ccccc1)NC(=O)OCC1c2ccccc2-c2ccccc21)[C@@H](C)O)C(=O)N[C@@H](Cc1cnc[nH]1)C(=O)NCC(=O)SCCC(=O)NCCC(N)=O. The lowest BCUT2D eigenvalue weighted by molar-refractivity contribution is -0.136. The fraction of sp³-hybridized carbons (Fsp3) is 0.392. The Balaban J connectivity index is 1.23. The predicted octanol–water partition coefficient (Wildman–Crippen LogP) is -1.00. The maximum absolute atomic E-state index is 14.0. The zero-order chi connectivity index (χ0) is 55.9. The first-order valence-corrected chi connectivity index (χ1v) is 26.5. The summed E-state index contributed by atoms with van der Waals surface area (Å²) in [5, 5.41) is 40.5. The second-order valence-electron chi connectivity index (χ2n) is 17.6. The van der Waals surface area contributed by atoms with Gasteiger partial charge in [-0.1, -0.05) is 90.6 Å². The van der Waals surface area contributed by atoms with Crippen LogP contribution in [0.15, 0.2) is 91.4 Å². The number of fused-ring (bicyclic) bond motifs is 3. The van der Waals surface area contributed by atoms with Crippen molar-refractivity contribution in [3.8, 4) is 11.1 Å². The Hall–Kier alpha value is -7.81. The molecule has 1 aromatic heterocycles. The molecule has 6 atom stereocenters. The number of primary amides is 1. The summed E-state index contributed by atoms with van der Waals surface area (Å²) in [6.45, 7) is 0.908. The van der Waals surface area contributed by atoms with E-state index in [2.05, 4.69) is 52.5 Å². The van der Waals surface area contributed by atoms with Gasteiger partial charge in [-0.05, 0) is 34.7 Å². The van der Waals surface area contributed by atoms with Gasteiger partial charge in [0.2, 0.25) is 52.4 Å². The number of amides is 9. The zero-order valence-electron chi connectivity index (χ0n) is 42.2. The monoisotopic (exact) mass is 1100 g/mol. The number of hydrogen-bond acceptors (Lipinski definition) is 16. The number of H-pyrrole nitrogens is 1. The number of nitrogens with zero attached hydrogens (tertiary/aromatic N) is 1. The lowest BCUT2D eigenvalue weighted by atomic mass is 9.98. The van der Waals surface area contributed by atoms with Crippen LogP contribution in [0.25, 0.3) is 11.1 Å². The number of carbonyl (C=O) groups excluding carboxylic acids is 10. The number of carbonyl (C=O) groups is 10. The maximum Gasteiger partial charge on any atom is 0.407 e. The number of ether oxygens (including phenoxy) is 1. The van der Waals surface area contributed by atoms with Gasteiger partial charge in [-0.3, -0.25) is 43.2 Å². The van der Waals surface area contributed by atoms with E-state index in [0.717, 1.165) is 45.8 Å². The normalized spacial score (nSPS) is 13.8. The number of nitrogens with two attached hydrogens (primary N) is 1. The van der Waals surface area contributed by atoms with E-state index in [1.54, 1.807) is 30.3 Å². The van der Waals surface area contributed by atoms with Crippen molar-refractivity contribution in [1.82, 2.24) is 52.5 Å². The zero-order valence-corrected chi connectivity index (χ0v) is 43.8. The van der Waals surface area contributed by atoms with Crippen LogP contribution < -0.4 is 48.3 Å². The lowest BCUT2D eigenvalue weighted by Crippen LogP contribution is -2.62. The van der Waals surface area contributed by atoms with Crippen LogP contribution >= 0.6 is 23.5 Å². The Morgan fingerprint density at radius 2 is 1.32 bits per heavy atom. The number of imidazole rings is 1. The number of alkyl carbamates (subject to hydrolysis) is 1. The Kier molecular flexibility index (Phi) is 23.9. The van der Waals surface area contributed by atoms with E-state index in [4.69, 9.17) is 10.5 Å². The molecule has 412 valence electrons. The molecule has 0 bridgehead atoms. The molecule has 0 radical (unpaired) electrons. The molecule has 0 unspecified atom stereocenters. The number of rotatable bonds is 30. The number of benzene rings is 3. The van der Waals surface area contributed by atoms with Crippen LogP contribution in [0, 0.1) is 0 Å². The first-order valence-electron chi connectivity index (χ1n) is 24.4. The van der Waals surface area contributed by atoms with Crippen molar-refractivity contribution in [1.29, 1.82) is 0 Å². The van der Waals surface area contributed by atoms with Crippen molar-refractivity contribution >= 4 is 82.0 Å². The highest BCUT2D eigenvalue weighted by Gasteiger charge is 2.35. The molecule has 1 heterocycles. The van der Waals surface area contributed by atoms with E-state index < -0.39 is 108 Å². The highest BCUT2D eigenvalue weighted by atomic mass is 32.2. The van der Waals surface area contributed by atoms with Crippen molar-refractivity contribution in [2.75, 3.05) is 43.7 Å². The van der Waals surface area contributed by atoms with Crippen LogP contribution in [0.1, 0.15) is 55.0 Å². The summed E-state index contributed by atoms with van der Waals surface area (Å²) in [5.41, 5.74) is 10.1. The van der Waals surface area contributed by atoms with Crippen LogP contribution in [0.3, 0.4) is 0 Å². The average Bonchev–Trinajstić information content (AvgIpc) is 4.07. The minimum absolute atomic E-state index is 0.0147. The van der Waals surface area contributed by atoms with Gasteiger partial charge < -0.3 is 68.2 Å². The third-order valence-electron chi connectivity index (χ3n) is 11.8. The molecule has 1 aliphatic carbocycles. The molecule has 0 fully saturated rings. The fourth-order valence-corrected chi connectivity index (χ4v) is 9.43. The predicted molar refractivity (Wildman–Crippen MR) is 284 cm³/mol. The van der Waals surface area contributed by atoms with Crippen molar-refractivity contribution in [3.05, 3.63) is 114 Å². The maximum atomic E-state index is 14.0. The number of hydrogen-bond donors (Lipinski definition) is 12. The summed E-state index contributed by atoms with van der Waals surface area (Å²) in [4.78, 5) is 137. The summed E-state index contributed by atoms with van der Waals surface area (Å²) in [6.07, 6.45) is -0.147. The van der Waals surface area contributed by atoms with Crippen LogP contribution in [-0.4, -0.2) is 159 Å². The molecule has 1 aliphatic rings. The molecule has 77 heavy (non-hydrogen) atoms. The van der Waals surface area contributed by atoms with Gasteiger partial charge in [0, 0.05) is 68.5 Å². The standard InChI is InChI=1S/C51H63N11O13S2/c1-29(64)45(62-47(70)38(20-31-10-4-3-5-11-31)61-51(74)75-25-37-35-14-8-6-12-33(35)34-13-7-9-15-36(34)37)50(73)59-40(24-63)48(71)60-41(26-76-28-57-30(2)65)49(72)58-39(21-32-22-53-27-56-32)46(69)55-23-44(68)77-19-17-43(67)54-18-16-42(52)66/h3-15,22,27,29,37-41,45,63-64H,16-21,23-26,28H2,1-2H3,(H2,52,66)(H,53,56)(H,54,67)(H,55,69)(H,57,65)(H,58,72)(H,59,73)(H,60,71)(H,61,74)(H,62,70)/t29-,38+,39+,40+,41+,45+/m1/s1. The third-order valence-corrected chi connectivity index (χ3v) is 13.6. The molecule has 0 saturated carbocycles. The quantitative estimate of drug-likeness (QED) is 0.0220. The molecule has 5 rings (SSSR count). The number of aliphatic hydroxyl groups is 2. The van der Waals surface area contributed by atoms with Crippen LogP contribution in [0.4, 0.5) is 4.79 Å². The summed E-state index contributed by atoms with van der Waals surface area (Å²) in [6, 6.07) is 16.4. The molecule has 0 aliphatic heterocycles. The van der Waals surface area contributed by atoms with Crippen molar-refractivity contribution in [2.24, 2.45) is 5.73 Å². The Morgan fingerprint density at radius 1 is 0.714 bits per heavy atom. The molecular weight excluding hydrogens is 1040 g/mol. The largest absolute Gasteiger partial charge is 0.449 e. The van der Waals surface area contributed by atoms with Gasteiger partial charge in [0.15, 0.2) is 0 Å². The molecule has 24 nitrogen and oxygen atoms in total. The van der Waals surface area contributed by atoms with Gasteiger partial charge in [0.05, 0.1) is 31.5 Å². The summed E-state index contributed by atoms with van der Waals surface area (Å²) >= 11 is 1.77. The van der Waals surface area contributed by atoms with E-state index in [1.807, 2.05) is 48.5 Å². The molecule has 13 N–H and O–H groups in total. The third kappa shape index (κ3) is 19.4. The Labute approximate surface area is 451 Å². The molecule has 3 aromatic carbocycles. The Morgan fingerprint density at radius 3 is 1.95 bits per heavy atom. The number of aliphatic hydroxyl groups excluding tert-OH is 2. The minimum Gasteiger partial charge on any atom is -0.449 e. The highest BCUT2D eigenvalue weighted by Crippen LogP contribution is 2.44. The smallest absolute Gasteiger partial charge is 0.407 e. The molecule has 4 aromatic rings. The molecule has 0 saturated heterocycles. The van der Waals surface area contributed by atoms with Gasteiger partial charge in [-0.25, -0.2) is 9.78 Å². The van der Waals surface area contributed by atoms with Crippen molar-refractivity contribution in [2.45, 2.75) is 81.8 Å². The number of nitrogens with one attached hydrogen (secondary N) is 9. The van der Waals surface area contributed by atoms with Crippen LogP contribution in [0.2, 0.25) is 0 Å². The molecule has 26 heteroatoms. The number of thioether (sulfide) groups is 2. The summed E-state index contributed by atoms with van der Waals surface area (Å²) in [5.74, 6) is -6.73. The molecule has 9 amide bonds. The van der Waals surface area contributed by atoms with Crippen LogP contribution in [0.5, 0.6) is 0 Å². The second kappa shape index (κ2) is 30.7. The van der Waals surface area contributed by atoms with Gasteiger partial charge in [0.1, 0.15) is 36.8 Å². The Bertz CT molecular complexity index is 2650. The highest BCUT2D eigenvalue weighted by molar-refractivity contribution is 8.13. The van der Waals surface area contributed by atoms with Gasteiger partial charge >= 0.3 is 6.09 Å². The van der Waals surface area contributed by atoms with Crippen molar-refractivity contribution in [3.63, 3.8) is 0 Å². The van der Waals surface area contributed by atoms with E-state index in [1.165, 1.54) is 26.4 Å². The summed E-state index contributed by atoms with van der Waals surface area (Å²) < 4.78 is 5.71. The van der Waals surface area contributed by atoms with E-state index in [9.17, 15) is 58.2 Å². The second-order valence-corrected chi connectivity index (χ2v) is 19.8. The van der Waals surface area contributed by atoms with E-state index >= 15 is 0 Å². The van der Waals surface area contributed by atoms with Gasteiger partial charge in [-0.2, -0.15) is 0 Å². The topological polar surface area (TPSA) is 371 Å². The first-order chi connectivity index (χ1) is 36.9. The van der Waals surface area contributed by atoms with Crippen molar-refractivity contribution < 1.29 is 62.9 Å². The lowest BCUT2D eigenvalue weighted by Gasteiger charge is -2.27. The first kappa shape index (κ1) is 60.1. The number of aromatic amines is 1. The van der Waals surface area contributed by atoms with Gasteiger partial charge in [0.25, 0.3) is 0 Å². The van der Waals surface area contributed by atoms with E-state index in [-0.39, 0.29) is 62.1 Å². The molecular formula is C51H63N11O13S2. The molecule has 0 spiro atoms. The van der Waals surface area contributed by atoms with Gasteiger partial charge in [-0.15, -0.1) is 11.8 Å². The summed E-state index contributed by atoms with van der Waals surface area (Å²) in [7, 11) is 0. The minimum atomic E-state index is -1.79.